The first-order chi connectivity index (χ1) is 13.8. The number of amidine groups is 1. The number of nitrogens with zero attached hydrogens (tertiary/aromatic N) is 2. The van der Waals surface area contributed by atoms with Crippen molar-refractivity contribution in [1.29, 1.82) is 0 Å². The van der Waals surface area contributed by atoms with Crippen molar-refractivity contribution in [1.82, 2.24) is 4.90 Å². The first kappa shape index (κ1) is 21.2. The molecular weight excluding hydrogens is 376 g/mol. The van der Waals surface area contributed by atoms with Gasteiger partial charge >= 0.3 is 0 Å². The SMILES string of the molecule is CC1(C)CCC(C)(C)c2cc(C3CSC(N4CCCC(CCCO)C4)=N3)ccc21. The Morgan fingerprint density at radius 2 is 1.90 bits per heavy atom. The van der Waals surface area contributed by atoms with Gasteiger partial charge in [-0.2, -0.15) is 0 Å². The van der Waals surface area contributed by atoms with Gasteiger partial charge in [0.05, 0.1) is 6.04 Å². The van der Waals surface area contributed by atoms with Gasteiger partial charge < -0.3 is 10.0 Å². The van der Waals surface area contributed by atoms with Crippen molar-refractivity contribution in [2.45, 2.75) is 83.1 Å². The van der Waals surface area contributed by atoms with Crippen molar-refractivity contribution in [2.24, 2.45) is 10.9 Å². The van der Waals surface area contributed by atoms with E-state index in [4.69, 9.17) is 10.1 Å². The Labute approximate surface area is 181 Å². The maximum absolute atomic E-state index is 9.15. The first-order valence-corrected chi connectivity index (χ1v) is 12.5. The fourth-order valence-corrected chi connectivity index (χ4v) is 6.50. The summed E-state index contributed by atoms with van der Waals surface area (Å²) in [6.45, 7) is 12.2. The number of aliphatic imine (C=N–C) groups is 1. The van der Waals surface area contributed by atoms with Crippen molar-refractivity contribution >= 4 is 16.9 Å². The first-order valence-electron chi connectivity index (χ1n) is 11.5. The third kappa shape index (κ3) is 4.39. The predicted molar refractivity (Wildman–Crippen MR) is 125 cm³/mol. The van der Waals surface area contributed by atoms with Gasteiger partial charge in [0.25, 0.3) is 0 Å². The standard InChI is InChI=1S/C25H38N2OS/c1-24(2)11-12-25(3,4)21-15-19(9-10-20(21)24)22-17-29-23(26-22)27-13-5-7-18(16-27)8-6-14-28/h9-10,15,18,22,28H,5-8,11-14,16-17H2,1-4H3. The van der Waals surface area contributed by atoms with Gasteiger partial charge in [-0.15, -0.1) is 0 Å². The Bertz CT molecular complexity index is 770. The predicted octanol–water partition coefficient (Wildman–Crippen LogP) is 5.66. The zero-order valence-corrected chi connectivity index (χ0v) is 19.5. The maximum atomic E-state index is 9.15. The van der Waals surface area contributed by atoms with Crippen LogP contribution in [0.4, 0.5) is 0 Å². The molecule has 3 aliphatic rings. The number of aliphatic hydroxyl groups excluding tert-OH is 1. The molecule has 2 unspecified atom stereocenters. The van der Waals surface area contributed by atoms with Gasteiger partial charge in [-0.05, 0) is 72.0 Å². The quantitative estimate of drug-likeness (QED) is 0.690. The molecule has 2 heterocycles. The van der Waals surface area contributed by atoms with Crippen molar-refractivity contribution in [3.8, 4) is 0 Å². The molecule has 1 aromatic rings. The van der Waals surface area contributed by atoms with E-state index in [0.717, 1.165) is 31.7 Å². The van der Waals surface area contributed by atoms with Gasteiger partial charge in [-0.3, -0.25) is 4.99 Å². The molecule has 0 radical (unpaired) electrons. The summed E-state index contributed by atoms with van der Waals surface area (Å²) in [4.78, 5) is 7.70. The van der Waals surface area contributed by atoms with Crippen LogP contribution in [0, 0.1) is 5.92 Å². The van der Waals surface area contributed by atoms with Crippen LogP contribution in [-0.2, 0) is 10.8 Å². The van der Waals surface area contributed by atoms with Crippen LogP contribution in [0.15, 0.2) is 23.2 Å². The zero-order chi connectivity index (χ0) is 20.6. The molecule has 0 amide bonds. The Morgan fingerprint density at radius 1 is 1.14 bits per heavy atom. The lowest BCUT2D eigenvalue weighted by Gasteiger charge is -2.42. The Kier molecular flexibility index (Phi) is 6.05. The molecule has 1 aromatic carbocycles. The summed E-state index contributed by atoms with van der Waals surface area (Å²) in [7, 11) is 0. The van der Waals surface area contributed by atoms with Crippen LogP contribution >= 0.6 is 11.8 Å². The molecule has 29 heavy (non-hydrogen) atoms. The van der Waals surface area contributed by atoms with Crippen molar-refractivity contribution in [3.05, 3.63) is 34.9 Å². The molecule has 4 heteroatoms. The second-order valence-corrected chi connectivity index (χ2v) is 11.6. The van der Waals surface area contributed by atoms with Crippen LogP contribution in [0.25, 0.3) is 0 Å². The van der Waals surface area contributed by atoms with E-state index in [1.807, 2.05) is 11.8 Å². The van der Waals surface area contributed by atoms with Crippen LogP contribution in [0.1, 0.15) is 89.0 Å². The van der Waals surface area contributed by atoms with E-state index in [-0.39, 0.29) is 10.8 Å². The van der Waals surface area contributed by atoms with Gasteiger partial charge in [-0.1, -0.05) is 57.7 Å². The van der Waals surface area contributed by atoms with Crippen molar-refractivity contribution in [2.75, 3.05) is 25.4 Å². The lowest BCUT2D eigenvalue weighted by atomic mass is 9.63. The lowest BCUT2D eigenvalue weighted by molar-refractivity contribution is 0.221. The Hall–Kier alpha value is -1.00. The molecule has 0 saturated carbocycles. The molecule has 4 rings (SSSR count). The highest BCUT2D eigenvalue weighted by atomic mass is 32.2. The third-order valence-corrected chi connectivity index (χ3v) is 8.56. The minimum Gasteiger partial charge on any atom is -0.396 e. The van der Waals surface area contributed by atoms with Crippen LogP contribution in [0.2, 0.25) is 0 Å². The fraction of sp³-hybridized carbons (Fsp3) is 0.720. The zero-order valence-electron chi connectivity index (χ0n) is 18.7. The number of hydrogen-bond acceptors (Lipinski definition) is 4. The van der Waals surface area contributed by atoms with Crippen LogP contribution in [-0.4, -0.2) is 40.6 Å². The monoisotopic (exact) mass is 414 g/mol. The number of hydrogen-bond donors (Lipinski definition) is 1. The second kappa shape index (κ2) is 8.26. The molecular formula is C25H38N2OS. The smallest absolute Gasteiger partial charge is 0.159 e. The molecule has 1 N–H and O–H groups in total. The fourth-order valence-electron chi connectivity index (χ4n) is 5.37. The molecule has 0 spiro atoms. The number of fused-ring (bicyclic) bond motifs is 1. The van der Waals surface area contributed by atoms with E-state index in [2.05, 4.69) is 50.8 Å². The van der Waals surface area contributed by atoms with Crippen LogP contribution in [0.3, 0.4) is 0 Å². The molecule has 1 fully saturated rings. The van der Waals surface area contributed by atoms with E-state index in [1.165, 1.54) is 42.0 Å². The molecule has 1 saturated heterocycles. The normalized spacial score (nSPS) is 28.2. The van der Waals surface area contributed by atoms with Gasteiger partial charge in [0.1, 0.15) is 0 Å². The topological polar surface area (TPSA) is 35.8 Å². The third-order valence-electron chi connectivity index (χ3n) is 7.46. The number of piperidine rings is 1. The number of likely N-dealkylation sites (tertiary alicyclic amines) is 1. The van der Waals surface area contributed by atoms with Crippen LogP contribution in [0.5, 0.6) is 0 Å². The average molecular weight is 415 g/mol. The highest BCUT2D eigenvalue weighted by molar-refractivity contribution is 8.14. The average Bonchev–Trinajstić information content (AvgIpc) is 3.20. The lowest BCUT2D eigenvalue weighted by Crippen LogP contribution is -2.38. The Morgan fingerprint density at radius 3 is 2.66 bits per heavy atom. The van der Waals surface area contributed by atoms with Gasteiger partial charge in [0.2, 0.25) is 0 Å². The minimum atomic E-state index is 0.256. The van der Waals surface area contributed by atoms with E-state index < -0.39 is 0 Å². The highest BCUT2D eigenvalue weighted by Gasteiger charge is 2.37. The van der Waals surface area contributed by atoms with Crippen molar-refractivity contribution in [3.63, 3.8) is 0 Å². The molecule has 1 aliphatic carbocycles. The summed E-state index contributed by atoms with van der Waals surface area (Å²) in [6, 6.07) is 7.52. The van der Waals surface area contributed by atoms with Crippen molar-refractivity contribution < 1.29 is 5.11 Å². The van der Waals surface area contributed by atoms with Gasteiger partial charge in [-0.25, -0.2) is 0 Å². The summed E-state index contributed by atoms with van der Waals surface area (Å²) in [5.41, 5.74) is 5.01. The van der Waals surface area contributed by atoms with Crippen LogP contribution < -0.4 is 0 Å². The number of thioether (sulfide) groups is 1. The van der Waals surface area contributed by atoms with E-state index in [1.54, 1.807) is 5.56 Å². The molecule has 0 bridgehead atoms. The number of rotatable bonds is 4. The number of benzene rings is 1. The summed E-state index contributed by atoms with van der Waals surface area (Å²) >= 11 is 1.94. The molecule has 0 aromatic heterocycles. The Balaban J connectivity index is 1.52. The summed E-state index contributed by atoms with van der Waals surface area (Å²) in [6.07, 6.45) is 7.15. The largest absolute Gasteiger partial charge is 0.396 e. The summed E-state index contributed by atoms with van der Waals surface area (Å²) in [5, 5.41) is 10.4. The molecule has 2 atom stereocenters. The van der Waals surface area contributed by atoms with E-state index in [9.17, 15) is 0 Å². The molecule has 3 nitrogen and oxygen atoms in total. The van der Waals surface area contributed by atoms with Gasteiger partial charge in [0.15, 0.2) is 5.17 Å². The second-order valence-electron chi connectivity index (χ2n) is 10.6. The highest BCUT2D eigenvalue weighted by Crippen LogP contribution is 2.47. The minimum absolute atomic E-state index is 0.256. The van der Waals surface area contributed by atoms with Gasteiger partial charge in [0, 0.05) is 25.4 Å². The summed E-state index contributed by atoms with van der Waals surface area (Å²) < 4.78 is 0. The summed E-state index contributed by atoms with van der Waals surface area (Å²) in [5.74, 6) is 1.78. The van der Waals surface area contributed by atoms with E-state index >= 15 is 0 Å². The van der Waals surface area contributed by atoms with E-state index in [0.29, 0.717) is 18.6 Å². The molecule has 2 aliphatic heterocycles. The maximum Gasteiger partial charge on any atom is 0.159 e. The molecule has 160 valence electrons. The number of aliphatic hydroxyl groups is 1.